The zero-order valence-corrected chi connectivity index (χ0v) is 15.3. The molecular weight excluding hydrogens is 375 g/mol. The number of nitrogens with one attached hydrogen (secondary N) is 2. The molecule has 0 aliphatic carbocycles. The van der Waals surface area contributed by atoms with Crippen LogP contribution in [0.2, 0.25) is 10.0 Å². The van der Waals surface area contributed by atoms with Crippen LogP contribution in [0.15, 0.2) is 72.8 Å². The maximum atomic E-state index is 6.12. The Bertz CT molecular complexity index is 870. The lowest BCUT2D eigenvalue weighted by atomic mass is 10.3. The summed E-state index contributed by atoms with van der Waals surface area (Å²) in [7, 11) is 0. The largest absolute Gasteiger partial charge is 0.457 e. The first kappa shape index (κ1) is 17.5. The van der Waals surface area contributed by atoms with Gasteiger partial charge in [-0.05, 0) is 66.8 Å². The van der Waals surface area contributed by atoms with E-state index in [0.29, 0.717) is 20.8 Å². The van der Waals surface area contributed by atoms with E-state index in [2.05, 4.69) is 10.6 Å². The van der Waals surface area contributed by atoms with Crippen molar-refractivity contribution < 1.29 is 4.74 Å². The van der Waals surface area contributed by atoms with Crippen molar-refractivity contribution in [2.24, 2.45) is 0 Å². The summed E-state index contributed by atoms with van der Waals surface area (Å²) in [6, 6.07) is 22.2. The molecule has 3 rings (SSSR count). The third-order valence-electron chi connectivity index (χ3n) is 3.27. The molecule has 0 unspecified atom stereocenters. The average Bonchev–Trinajstić information content (AvgIpc) is 2.61. The topological polar surface area (TPSA) is 33.3 Å². The number of halogens is 2. The van der Waals surface area contributed by atoms with Crippen molar-refractivity contribution in [1.29, 1.82) is 0 Å². The molecule has 0 spiro atoms. The van der Waals surface area contributed by atoms with Crippen LogP contribution >= 0.6 is 35.4 Å². The Hall–Kier alpha value is -2.27. The van der Waals surface area contributed by atoms with Crippen molar-refractivity contribution in [1.82, 2.24) is 0 Å². The lowest BCUT2D eigenvalue weighted by molar-refractivity contribution is 0.483. The summed E-state index contributed by atoms with van der Waals surface area (Å²) in [6.07, 6.45) is 0. The molecule has 0 fully saturated rings. The van der Waals surface area contributed by atoms with Crippen molar-refractivity contribution in [3.63, 3.8) is 0 Å². The first-order valence-corrected chi connectivity index (χ1v) is 8.62. The third-order valence-corrected chi connectivity index (χ3v) is 4.04. The van der Waals surface area contributed by atoms with Crippen molar-refractivity contribution in [2.75, 3.05) is 10.6 Å². The maximum absolute atomic E-state index is 6.12. The highest BCUT2D eigenvalue weighted by Crippen LogP contribution is 2.26. The zero-order valence-electron chi connectivity index (χ0n) is 13.0. The monoisotopic (exact) mass is 388 g/mol. The van der Waals surface area contributed by atoms with Crippen LogP contribution < -0.4 is 15.4 Å². The van der Waals surface area contributed by atoms with Crippen molar-refractivity contribution >= 4 is 51.9 Å². The van der Waals surface area contributed by atoms with Gasteiger partial charge in [-0.15, -0.1) is 0 Å². The second-order valence-electron chi connectivity index (χ2n) is 5.14. The van der Waals surface area contributed by atoms with Crippen LogP contribution in [0.4, 0.5) is 11.4 Å². The summed E-state index contributed by atoms with van der Waals surface area (Å²) in [4.78, 5) is 0. The molecular formula is C19H14Cl2N2OS. The van der Waals surface area contributed by atoms with Gasteiger partial charge in [0.05, 0.1) is 10.7 Å². The molecule has 3 aromatic rings. The van der Waals surface area contributed by atoms with Gasteiger partial charge < -0.3 is 15.4 Å². The van der Waals surface area contributed by atoms with Crippen molar-refractivity contribution in [2.45, 2.75) is 0 Å². The van der Waals surface area contributed by atoms with Crippen LogP contribution in [-0.4, -0.2) is 5.11 Å². The van der Waals surface area contributed by atoms with Gasteiger partial charge in [-0.25, -0.2) is 0 Å². The van der Waals surface area contributed by atoms with E-state index in [0.717, 1.165) is 17.2 Å². The standard InChI is InChI=1S/C19H14Cl2N2OS/c20-13-6-11-17(21)18(12-13)23-19(25)22-14-7-9-16(10-8-14)24-15-4-2-1-3-5-15/h1-12H,(H2,22,23,25). The fraction of sp³-hybridized carbons (Fsp3) is 0. The van der Waals surface area contributed by atoms with E-state index in [9.17, 15) is 0 Å². The molecule has 0 saturated heterocycles. The molecule has 25 heavy (non-hydrogen) atoms. The highest BCUT2D eigenvalue weighted by Gasteiger charge is 2.05. The van der Waals surface area contributed by atoms with Gasteiger partial charge in [0.25, 0.3) is 0 Å². The van der Waals surface area contributed by atoms with E-state index >= 15 is 0 Å². The summed E-state index contributed by atoms with van der Waals surface area (Å²) in [5.74, 6) is 1.53. The highest BCUT2D eigenvalue weighted by atomic mass is 35.5. The number of hydrogen-bond donors (Lipinski definition) is 2. The summed E-state index contributed by atoms with van der Waals surface area (Å²) in [5.41, 5.74) is 1.48. The molecule has 0 aliphatic rings. The Morgan fingerprint density at radius 1 is 0.800 bits per heavy atom. The SMILES string of the molecule is S=C(Nc1ccc(Oc2ccccc2)cc1)Nc1cc(Cl)ccc1Cl. The lowest BCUT2D eigenvalue weighted by Gasteiger charge is -2.12. The summed E-state index contributed by atoms with van der Waals surface area (Å²) >= 11 is 17.4. The Kier molecular flexibility index (Phi) is 5.76. The molecule has 6 heteroatoms. The zero-order chi connectivity index (χ0) is 17.6. The minimum Gasteiger partial charge on any atom is -0.457 e. The molecule has 3 aromatic carbocycles. The van der Waals surface area contributed by atoms with Crippen molar-refractivity contribution in [3.05, 3.63) is 82.8 Å². The van der Waals surface area contributed by atoms with Crippen LogP contribution in [0.5, 0.6) is 11.5 Å². The molecule has 2 N–H and O–H groups in total. The van der Waals surface area contributed by atoms with Gasteiger partial charge in [-0.3, -0.25) is 0 Å². The van der Waals surface area contributed by atoms with Crippen LogP contribution in [0.25, 0.3) is 0 Å². The van der Waals surface area contributed by atoms with Crippen LogP contribution in [0.3, 0.4) is 0 Å². The summed E-state index contributed by atoms with van der Waals surface area (Å²) in [6.45, 7) is 0. The molecule has 0 aromatic heterocycles. The van der Waals surface area contributed by atoms with Gasteiger partial charge in [0.15, 0.2) is 5.11 Å². The average molecular weight is 389 g/mol. The number of anilines is 2. The van der Waals surface area contributed by atoms with E-state index in [1.807, 2.05) is 54.6 Å². The summed E-state index contributed by atoms with van der Waals surface area (Å²) < 4.78 is 5.75. The van der Waals surface area contributed by atoms with Gasteiger partial charge in [-0.2, -0.15) is 0 Å². The molecule has 0 saturated carbocycles. The molecule has 0 heterocycles. The van der Waals surface area contributed by atoms with E-state index in [1.54, 1.807) is 18.2 Å². The molecule has 0 atom stereocenters. The minimum atomic E-state index is 0.417. The predicted octanol–water partition coefficient (Wildman–Crippen LogP) is 6.59. The Balaban J connectivity index is 1.61. The molecule has 0 bridgehead atoms. The molecule has 3 nitrogen and oxygen atoms in total. The van der Waals surface area contributed by atoms with Crippen molar-refractivity contribution in [3.8, 4) is 11.5 Å². The number of hydrogen-bond acceptors (Lipinski definition) is 2. The van der Waals surface area contributed by atoms with E-state index in [4.69, 9.17) is 40.2 Å². The number of benzene rings is 3. The quantitative estimate of drug-likeness (QED) is 0.493. The second kappa shape index (κ2) is 8.21. The number of ether oxygens (including phenoxy) is 1. The molecule has 0 amide bonds. The molecule has 0 aliphatic heterocycles. The van der Waals surface area contributed by atoms with Gasteiger partial charge in [0.1, 0.15) is 11.5 Å². The van der Waals surface area contributed by atoms with Crippen LogP contribution in [0, 0.1) is 0 Å². The Morgan fingerprint density at radius 2 is 1.48 bits per heavy atom. The molecule has 126 valence electrons. The minimum absolute atomic E-state index is 0.417. The Morgan fingerprint density at radius 3 is 2.20 bits per heavy atom. The fourth-order valence-corrected chi connectivity index (χ4v) is 2.67. The third kappa shape index (κ3) is 5.10. The Labute approximate surface area is 161 Å². The maximum Gasteiger partial charge on any atom is 0.175 e. The number of rotatable bonds is 4. The van der Waals surface area contributed by atoms with Crippen LogP contribution in [-0.2, 0) is 0 Å². The lowest BCUT2D eigenvalue weighted by Crippen LogP contribution is -2.19. The molecule has 0 radical (unpaired) electrons. The number of para-hydroxylation sites is 1. The van der Waals surface area contributed by atoms with Crippen LogP contribution in [0.1, 0.15) is 0 Å². The summed E-state index contributed by atoms with van der Waals surface area (Å²) in [5, 5.41) is 7.66. The van der Waals surface area contributed by atoms with Gasteiger partial charge in [-0.1, -0.05) is 41.4 Å². The fourth-order valence-electron chi connectivity index (χ4n) is 2.11. The highest BCUT2D eigenvalue weighted by molar-refractivity contribution is 7.80. The van der Waals surface area contributed by atoms with Gasteiger partial charge in [0, 0.05) is 10.7 Å². The first-order valence-electron chi connectivity index (χ1n) is 7.46. The smallest absolute Gasteiger partial charge is 0.175 e. The first-order chi connectivity index (χ1) is 12.1. The number of thiocarbonyl (C=S) groups is 1. The van der Waals surface area contributed by atoms with Gasteiger partial charge >= 0.3 is 0 Å². The predicted molar refractivity (Wildman–Crippen MR) is 109 cm³/mol. The van der Waals surface area contributed by atoms with E-state index in [-0.39, 0.29) is 0 Å². The van der Waals surface area contributed by atoms with Gasteiger partial charge in [0.2, 0.25) is 0 Å². The second-order valence-corrected chi connectivity index (χ2v) is 6.39. The van der Waals surface area contributed by atoms with E-state index < -0.39 is 0 Å². The van der Waals surface area contributed by atoms with E-state index in [1.165, 1.54) is 0 Å². The normalized spacial score (nSPS) is 10.2.